The van der Waals surface area contributed by atoms with Crippen LogP contribution < -0.4 is 0 Å². The average molecular weight is 226 g/mol. The molecule has 1 aromatic rings. The highest BCUT2D eigenvalue weighted by Crippen LogP contribution is 2.28. The van der Waals surface area contributed by atoms with Crippen LogP contribution in [0.15, 0.2) is 18.2 Å². The SMILES string of the molecule is Oc1c(Cl)cccc1CN1CCCCC1. The fourth-order valence-electron chi connectivity index (χ4n) is 2.05. The van der Waals surface area contributed by atoms with Gasteiger partial charge in [-0.05, 0) is 32.0 Å². The first-order chi connectivity index (χ1) is 7.27. The van der Waals surface area contributed by atoms with Gasteiger partial charge in [-0.2, -0.15) is 0 Å². The van der Waals surface area contributed by atoms with Gasteiger partial charge in [0, 0.05) is 12.1 Å². The van der Waals surface area contributed by atoms with Gasteiger partial charge < -0.3 is 5.11 Å². The zero-order chi connectivity index (χ0) is 10.7. The molecule has 2 rings (SSSR count). The van der Waals surface area contributed by atoms with Crippen LogP contribution in [0, 0.1) is 0 Å². The predicted molar refractivity (Wildman–Crippen MR) is 62.2 cm³/mol. The maximum Gasteiger partial charge on any atom is 0.138 e. The number of aromatic hydroxyl groups is 1. The summed E-state index contributed by atoms with van der Waals surface area (Å²) in [4.78, 5) is 2.37. The molecule has 15 heavy (non-hydrogen) atoms. The van der Waals surface area contributed by atoms with Crippen molar-refractivity contribution in [3.8, 4) is 5.75 Å². The molecule has 0 atom stereocenters. The van der Waals surface area contributed by atoms with E-state index in [-0.39, 0.29) is 5.75 Å². The summed E-state index contributed by atoms with van der Waals surface area (Å²) in [6.07, 6.45) is 3.86. The van der Waals surface area contributed by atoms with Crippen LogP contribution in [-0.4, -0.2) is 23.1 Å². The minimum atomic E-state index is 0.241. The summed E-state index contributed by atoms with van der Waals surface area (Å²) in [5, 5.41) is 10.2. The van der Waals surface area contributed by atoms with Gasteiger partial charge in [-0.15, -0.1) is 0 Å². The quantitative estimate of drug-likeness (QED) is 0.837. The summed E-state index contributed by atoms with van der Waals surface area (Å²) in [7, 11) is 0. The molecule has 2 nitrogen and oxygen atoms in total. The Kier molecular flexibility index (Phi) is 3.49. The molecule has 0 saturated carbocycles. The number of phenolic OH excluding ortho intramolecular Hbond substituents is 1. The number of hydrogen-bond donors (Lipinski definition) is 1. The fraction of sp³-hybridized carbons (Fsp3) is 0.500. The Balaban J connectivity index is 2.06. The minimum absolute atomic E-state index is 0.241. The van der Waals surface area contributed by atoms with Crippen LogP contribution in [0.4, 0.5) is 0 Å². The Morgan fingerprint density at radius 1 is 1.20 bits per heavy atom. The summed E-state index contributed by atoms with van der Waals surface area (Å²) in [5.74, 6) is 0.241. The highest BCUT2D eigenvalue weighted by atomic mass is 35.5. The first-order valence-electron chi connectivity index (χ1n) is 5.46. The lowest BCUT2D eigenvalue weighted by molar-refractivity contribution is 0.218. The second-order valence-electron chi connectivity index (χ2n) is 4.08. The lowest BCUT2D eigenvalue weighted by Gasteiger charge is -2.26. The van der Waals surface area contributed by atoms with Gasteiger partial charge in [0.1, 0.15) is 5.75 Å². The van der Waals surface area contributed by atoms with E-state index < -0.39 is 0 Å². The first-order valence-corrected chi connectivity index (χ1v) is 5.84. The Bertz CT molecular complexity index is 334. The third kappa shape index (κ3) is 2.64. The van der Waals surface area contributed by atoms with Gasteiger partial charge in [-0.3, -0.25) is 4.90 Å². The Morgan fingerprint density at radius 3 is 2.67 bits per heavy atom. The van der Waals surface area contributed by atoms with Crippen LogP contribution in [-0.2, 0) is 6.54 Å². The van der Waals surface area contributed by atoms with Gasteiger partial charge >= 0.3 is 0 Å². The molecule has 0 radical (unpaired) electrons. The van der Waals surface area contributed by atoms with E-state index in [1.54, 1.807) is 6.07 Å². The van der Waals surface area contributed by atoms with E-state index in [9.17, 15) is 5.11 Å². The van der Waals surface area contributed by atoms with Crippen molar-refractivity contribution in [2.45, 2.75) is 25.8 Å². The van der Waals surface area contributed by atoms with Gasteiger partial charge in [0.25, 0.3) is 0 Å². The number of nitrogens with zero attached hydrogens (tertiary/aromatic N) is 1. The van der Waals surface area contributed by atoms with Crippen molar-refractivity contribution in [3.05, 3.63) is 28.8 Å². The molecule has 0 bridgehead atoms. The lowest BCUT2D eigenvalue weighted by atomic mass is 10.1. The molecule has 0 aliphatic carbocycles. The van der Waals surface area contributed by atoms with Crippen molar-refractivity contribution in [1.29, 1.82) is 0 Å². The molecule has 0 unspecified atom stereocenters. The van der Waals surface area contributed by atoms with E-state index in [2.05, 4.69) is 4.90 Å². The molecule has 1 fully saturated rings. The summed E-state index contributed by atoms with van der Waals surface area (Å²) in [6, 6.07) is 5.55. The molecular formula is C12H16ClNO. The zero-order valence-electron chi connectivity index (χ0n) is 8.75. The van der Waals surface area contributed by atoms with E-state index in [0.29, 0.717) is 5.02 Å². The van der Waals surface area contributed by atoms with E-state index in [0.717, 1.165) is 25.2 Å². The number of likely N-dealkylation sites (tertiary alicyclic amines) is 1. The van der Waals surface area contributed by atoms with Crippen molar-refractivity contribution in [1.82, 2.24) is 4.90 Å². The van der Waals surface area contributed by atoms with E-state index in [1.165, 1.54) is 19.3 Å². The molecule has 1 aliphatic heterocycles. The van der Waals surface area contributed by atoms with Crippen molar-refractivity contribution >= 4 is 11.6 Å². The number of phenols is 1. The summed E-state index contributed by atoms with van der Waals surface area (Å²) in [5.41, 5.74) is 0.935. The van der Waals surface area contributed by atoms with Gasteiger partial charge in [-0.1, -0.05) is 30.2 Å². The predicted octanol–water partition coefficient (Wildman–Crippen LogP) is 3.03. The maximum absolute atomic E-state index is 9.77. The standard InChI is InChI=1S/C12H16ClNO/c13-11-6-4-5-10(12(11)15)9-14-7-2-1-3-8-14/h4-6,15H,1-3,7-9H2. The topological polar surface area (TPSA) is 23.5 Å². The number of benzene rings is 1. The molecular weight excluding hydrogens is 210 g/mol. The zero-order valence-corrected chi connectivity index (χ0v) is 9.50. The highest BCUT2D eigenvalue weighted by molar-refractivity contribution is 6.32. The molecule has 1 saturated heterocycles. The molecule has 1 aliphatic rings. The van der Waals surface area contributed by atoms with Crippen molar-refractivity contribution in [2.75, 3.05) is 13.1 Å². The normalized spacial score (nSPS) is 17.9. The first kappa shape index (κ1) is 10.8. The van der Waals surface area contributed by atoms with Crippen LogP contribution in [0.2, 0.25) is 5.02 Å². The van der Waals surface area contributed by atoms with E-state index in [4.69, 9.17) is 11.6 Å². The molecule has 82 valence electrons. The number of halogens is 1. The largest absolute Gasteiger partial charge is 0.506 e. The molecule has 0 amide bonds. The summed E-state index contributed by atoms with van der Waals surface area (Å²) < 4.78 is 0. The molecule has 1 heterocycles. The number of rotatable bonds is 2. The third-order valence-corrected chi connectivity index (χ3v) is 3.22. The van der Waals surface area contributed by atoms with Gasteiger partial charge in [-0.25, -0.2) is 0 Å². The number of para-hydroxylation sites is 1. The molecule has 1 aromatic carbocycles. The van der Waals surface area contributed by atoms with E-state index >= 15 is 0 Å². The Labute approximate surface area is 95.5 Å². The fourth-order valence-corrected chi connectivity index (χ4v) is 2.24. The second-order valence-corrected chi connectivity index (χ2v) is 4.49. The second kappa shape index (κ2) is 4.86. The number of piperidine rings is 1. The Morgan fingerprint density at radius 2 is 1.93 bits per heavy atom. The average Bonchev–Trinajstić information content (AvgIpc) is 2.26. The van der Waals surface area contributed by atoms with Crippen LogP contribution in [0.3, 0.4) is 0 Å². The van der Waals surface area contributed by atoms with Gasteiger partial charge in [0.2, 0.25) is 0 Å². The monoisotopic (exact) mass is 225 g/mol. The lowest BCUT2D eigenvalue weighted by Crippen LogP contribution is -2.29. The van der Waals surface area contributed by atoms with Crippen LogP contribution in [0.25, 0.3) is 0 Å². The van der Waals surface area contributed by atoms with Gasteiger partial charge in [0.15, 0.2) is 0 Å². The Hall–Kier alpha value is -0.730. The smallest absolute Gasteiger partial charge is 0.138 e. The van der Waals surface area contributed by atoms with Gasteiger partial charge in [0.05, 0.1) is 5.02 Å². The van der Waals surface area contributed by atoms with Crippen molar-refractivity contribution < 1.29 is 5.11 Å². The van der Waals surface area contributed by atoms with Crippen LogP contribution in [0.5, 0.6) is 5.75 Å². The van der Waals surface area contributed by atoms with E-state index in [1.807, 2.05) is 12.1 Å². The highest BCUT2D eigenvalue weighted by Gasteiger charge is 2.13. The summed E-state index contributed by atoms with van der Waals surface area (Å²) >= 11 is 5.86. The van der Waals surface area contributed by atoms with Crippen LogP contribution >= 0.6 is 11.6 Å². The van der Waals surface area contributed by atoms with Crippen molar-refractivity contribution in [3.63, 3.8) is 0 Å². The molecule has 0 aromatic heterocycles. The van der Waals surface area contributed by atoms with Crippen molar-refractivity contribution in [2.24, 2.45) is 0 Å². The summed E-state index contributed by atoms with van der Waals surface area (Å²) in [6.45, 7) is 3.07. The molecule has 3 heteroatoms. The number of hydrogen-bond acceptors (Lipinski definition) is 2. The minimum Gasteiger partial charge on any atom is -0.506 e. The third-order valence-electron chi connectivity index (χ3n) is 2.91. The van der Waals surface area contributed by atoms with Crippen LogP contribution in [0.1, 0.15) is 24.8 Å². The molecule has 0 spiro atoms. The molecule has 1 N–H and O–H groups in total. The maximum atomic E-state index is 9.77.